The van der Waals surface area contributed by atoms with Crippen LogP contribution >= 0.6 is 21.6 Å². The molecule has 6 heteroatoms. The van der Waals surface area contributed by atoms with Gasteiger partial charge in [0.25, 0.3) is 0 Å². The molecule has 1 N–H and O–H groups in total. The molecule has 1 atom stereocenters. The molecule has 0 aliphatic rings. The smallest absolute Gasteiger partial charge is 0.133 e. The first-order valence-corrected chi connectivity index (χ1v) is 10.0. The molecule has 1 unspecified atom stereocenters. The third-order valence-corrected chi connectivity index (χ3v) is 5.29. The first kappa shape index (κ1) is 19.5. The fourth-order valence-corrected chi connectivity index (χ4v) is 3.55. The first-order valence-electron chi connectivity index (χ1n) is 7.70. The van der Waals surface area contributed by atoms with Gasteiger partial charge in [0, 0.05) is 31.4 Å². The van der Waals surface area contributed by atoms with Crippen LogP contribution in [0, 0.1) is 0 Å². The van der Waals surface area contributed by atoms with Crippen LogP contribution in [0.25, 0.3) is 0 Å². The van der Waals surface area contributed by atoms with Gasteiger partial charge in [0.15, 0.2) is 0 Å². The van der Waals surface area contributed by atoms with Crippen LogP contribution in [-0.4, -0.2) is 40.9 Å². The molecule has 0 aliphatic carbocycles. The van der Waals surface area contributed by atoms with Gasteiger partial charge in [0.2, 0.25) is 0 Å². The molecule has 0 saturated carbocycles. The number of ketones is 1. The van der Waals surface area contributed by atoms with Crippen molar-refractivity contribution in [2.75, 3.05) is 19.0 Å². The highest BCUT2D eigenvalue weighted by atomic mass is 33.1. The average molecular weight is 344 g/mol. The molecule has 4 nitrogen and oxygen atoms in total. The number of nitrogens with zero attached hydrogens (tertiary/aromatic N) is 1. The van der Waals surface area contributed by atoms with Crippen molar-refractivity contribution >= 4 is 27.4 Å². The van der Waals surface area contributed by atoms with Crippen LogP contribution in [0.5, 0.6) is 0 Å². The number of pyridine rings is 1. The lowest BCUT2D eigenvalue weighted by molar-refractivity contribution is -0.118. The lowest BCUT2D eigenvalue weighted by Gasteiger charge is -2.08. The van der Waals surface area contributed by atoms with Gasteiger partial charge in [-0.2, -0.15) is 0 Å². The number of aromatic nitrogens is 1. The van der Waals surface area contributed by atoms with Crippen molar-refractivity contribution in [3.8, 4) is 0 Å². The molecule has 1 aromatic rings. The average Bonchev–Trinajstić information content (AvgIpc) is 2.55. The van der Waals surface area contributed by atoms with E-state index in [1.807, 2.05) is 25.1 Å². The van der Waals surface area contributed by atoms with Gasteiger partial charge in [-0.05, 0) is 42.2 Å². The molecule has 124 valence electrons. The van der Waals surface area contributed by atoms with Crippen LogP contribution in [0.4, 0.5) is 0 Å². The minimum atomic E-state index is -0.365. The lowest BCUT2D eigenvalue weighted by atomic mass is 10.1. The summed E-state index contributed by atoms with van der Waals surface area (Å²) in [6.45, 7) is 2.94. The van der Waals surface area contributed by atoms with Crippen LogP contribution in [0.2, 0.25) is 0 Å². The maximum atomic E-state index is 11.7. The van der Waals surface area contributed by atoms with E-state index in [9.17, 15) is 9.90 Å². The lowest BCUT2D eigenvalue weighted by Crippen LogP contribution is -2.14. The highest BCUT2D eigenvalue weighted by molar-refractivity contribution is 8.76. The van der Waals surface area contributed by atoms with Gasteiger partial charge < -0.3 is 9.84 Å². The minimum absolute atomic E-state index is 0.308. The second kappa shape index (κ2) is 12.9. The Hall–Kier alpha value is -0.560. The van der Waals surface area contributed by atoms with Crippen LogP contribution in [0.15, 0.2) is 29.4 Å². The molecule has 0 aromatic carbocycles. The predicted molar refractivity (Wildman–Crippen MR) is 93.1 cm³/mol. The van der Waals surface area contributed by atoms with Gasteiger partial charge >= 0.3 is 0 Å². The Labute approximate surface area is 140 Å². The fraction of sp³-hybridized carbons (Fsp3) is 0.625. The Morgan fingerprint density at radius 3 is 2.95 bits per heavy atom. The number of unbranched alkanes of at least 4 members (excludes halogenated alkanes) is 1. The third kappa shape index (κ3) is 10.2. The number of Topliss-reactive ketones (excluding diaryl/α,β-unsaturated/α-hetero) is 1. The maximum absolute atomic E-state index is 11.7. The molecule has 22 heavy (non-hydrogen) atoms. The van der Waals surface area contributed by atoms with Gasteiger partial charge in [0.1, 0.15) is 10.8 Å². The highest BCUT2D eigenvalue weighted by Gasteiger charge is 2.04. The van der Waals surface area contributed by atoms with Gasteiger partial charge in [-0.25, -0.2) is 4.98 Å². The molecular formula is C16H25NO3S2. The number of carbonyl (C=O) groups is 1. The predicted octanol–water partition coefficient (Wildman–Crippen LogP) is 3.74. The van der Waals surface area contributed by atoms with Gasteiger partial charge in [-0.1, -0.05) is 23.8 Å². The van der Waals surface area contributed by atoms with Crippen LogP contribution in [0.1, 0.15) is 39.0 Å². The molecule has 0 aliphatic heterocycles. The van der Waals surface area contributed by atoms with E-state index >= 15 is 0 Å². The van der Waals surface area contributed by atoms with Gasteiger partial charge in [0.05, 0.1) is 12.7 Å². The molecule has 1 rings (SSSR count). The molecular weight excluding hydrogens is 318 g/mol. The van der Waals surface area contributed by atoms with E-state index in [2.05, 4.69) is 4.98 Å². The van der Waals surface area contributed by atoms with E-state index in [-0.39, 0.29) is 6.10 Å². The summed E-state index contributed by atoms with van der Waals surface area (Å²) in [5.41, 5.74) is 0. The van der Waals surface area contributed by atoms with Gasteiger partial charge in [-0.15, -0.1) is 0 Å². The minimum Gasteiger partial charge on any atom is -0.391 e. The molecule has 0 amide bonds. The summed E-state index contributed by atoms with van der Waals surface area (Å²) in [4.78, 5) is 15.9. The molecule has 0 bridgehead atoms. The second-order valence-corrected chi connectivity index (χ2v) is 7.39. The zero-order valence-corrected chi connectivity index (χ0v) is 14.7. The van der Waals surface area contributed by atoms with Crippen LogP contribution in [-0.2, 0) is 9.53 Å². The van der Waals surface area contributed by atoms with E-state index in [4.69, 9.17) is 4.74 Å². The number of aliphatic hydroxyl groups is 1. The van der Waals surface area contributed by atoms with Crippen molar-refractivity contribution in [3.05, 3.63) is 24.4 Å². The van der Waals surface area contributed by atoms with Crippen molar-refractivity contribution in [2.24, 2.45) is 0 Å². The number of aliphatic hydroxyl groups excluding tert-OH is 1. The second-order valence-electron chi connectivity index (χ2n) is 4.96. The molecule has 1 aromatic heterocycles. The van der Waals surface area contributed by atoms with Crippen molar-refractivity contribution in [3.63, 3.8) is 0 Å². The third-order valence-electron chi connectivity index (χ3n) is 3.02. The number of carbonyl (C=O) groups excluding carboxylic acids is 1. The summed E-state index contributed by atoms with van der Waals surface area (Å²) in [6, 6.07) is 5.82. The number of hydrogen-bond donors (Lipinski definition) is 1. The molecule has 0 spiro atoms. The van der Waals surface area contributed by atoms with E-state index in [0.717, 1.165) is 23.6 Å². The zero-order valence-electron chi connectivity index (χ0n) is 13.1. The van der Waals surface area contributed by atoms with E-state index in [0.29, 0.717) is 38.3 Å². The molecule has 1 heterocycles. The largest absolute Gasteiger partial charge is 0.391 e. The first-order chi connectivity index (χ1) is 10.7. The number of rotatable bonds is 13. The summed E-state index contributed by atoms with van der Waals surface area (Å²) in [5, 5.41) is 10.3. The Bertz CT molecular complexity index is 404. The van der Waals surface area contributed by atoms with Crippen molar-refractivity contribution < 1.29 is 14.6 Å². The van der Waals surface area contributed by atoms with Crippen molar-refractivity contribution in [1.82, 2.24) is 4.98 Å². The Balaban J connectivity index is 1.91. The Kier molecular flexibility index (Phi) is 11.5. The van der Waals surface area contributed by atoms with Crippen molar-refractivity contribution in [1.29, 1.82) is 0 Å². The van der Waals surface area contributed by atoms with E-state index in [1.54, 1.807) is 27.8 Å². The maximum Gasteiger partial charge on any atom is 0.133 e. The SMILES string of the molecule is CCC(O)COCCCCC(=O)CCSSc1ccccn1. The summed E-state index contributed by atoms with van der Waals surface area (Å²) < 4.78 is 5.34. The van der Waals surface area contributed by atoms with Crippen LogP contribution < -0.4 is 0 Å². The van der Waals surface area contributed by atoms with E-state index in [1.165, 1.54) is 0 Å². The topological polar surface area (TPSA) is 59.4 Å². The monoisotopic (exact) mass is 343 g/mol. The quantitative estimate of drug-likeness (QED) is 0.435. The van der Waals surface area contributed by atoms with E-state index < -0.39 is 0 Å². The molecule has 0 saturated heterocycles. The summed E-state index contributed by atoms with van der Waals surface area (Å²) in [7, 11) is 3.28. The summed E-state index contributed by atoms with van der Waals surface area (Å²) in [6.07, 6.45) is 5.09. The summed E-state index contributed by atoms with van der Waals surface area (Å²) >= 11 is 0. The molecule has 0 fully saturated rings. The molecule has 0 radical (unpaired) electrons. The summed E-state index contributed by atoms with van der Waals surface area (Å²) in [5.74, 6) is 1.13. The van der Waals surface area contributed by atoms with Crippen molar-refractivity contribution in [2.45, 2.75) is 50.2 Å². The normalized spacial score (nSPS) is 12.3. The highest BCUT2D eigenvalue weighted by Crippen LogP contribution is 2.29. The fourth-order valence-electron chi connectivity index (χ4n) is 1.64. The Morgan fingerprint density at radius 2 is 2.23 bits per heavy atom. The van der Waals surface area contributed by atoms with Crippen LogP contribution in [0.3, 0.4) is 0 Å². The zero-order chi connectivity index (χ0) is 16.0. The number of hydrogen-bond acceptors (Lipinski definition) is 6. The number of ether oxygens (including phenoxy) is 1. The van der Waals surface area contributed by atoms with Gasteiger partial charge in [-0.3, -0.25) is 4.79 Å². The Morgan fingerprint density at radius 1 is 1.36 bits per heavy atom. The standard InChI is InChI=1S/C16H25NO3S2/c1-2-14(18)13-20-11-6-4-7-15(19)9-12-21-22-16-8-3-5-10-17-16/h3,5,8,10,14,18H,2,4,6-7,9,11-13H2,1H3.